The summed E-state index contributed by atoms with van der Waals surface area (Å²) in [5.74, 6) is -0.903. The van der Waals surface area contributed by atoms with Gasteiger partial charge >= 0.3 is 6.09 Å². The molecule has 0 fully saturated rings. The maximum atomic E-state index is 10.5. The normalized spacial score (nSPS) is 9.15. The minimum absolute atomic E-state index is 0.451. The van der Waals surface area contributed by atoms with Gasteiger partial charge in [-0.2, -0.15) is 0 Å². The molecule has 0 aromatic rings. The van der Waals surface area contributed by atoms with Crippen LogP contribution >= 0.6 is 0 Å². The molecular weight excluding hydrogens is 178 g/mol. The molecule has 0 saturated heterocycles. The van der Waals surface area contributed by atoms with Gasteiger partial charge in [0.25, 0.3) is 0 Å². The van der Waals surface area contributed by atoms with Crippen molar-refractivity contribution in [2.24, 2.45) is 0 Å². The number of amides is 3. The Labute approximate surface area is 74.5 Å². The second-order valence-corrected chi connectivity index (χ2v) is 2.28. The molecule has 0 aliphatic carbocycles. The van der Waals surface area contributed by atoms with E-state index in [9.17, 15) is 14.4 Å². The van der Waals surface area contributed by atoms with Gasteiger partial charge in [-0.15, -0.1) is 0 Å². The van der Waals surface area contributed by atoms with Crippen molar-refractivity contribution in [2.45, 2.75) is 20.1 Å². The molecule has 0 unspecified atom stereocenters. The highest BCUT2D eigenvalue weighted by atomic mass is 16.4. The van der Waals surface area contributed by atoms with Crippen molar-refractivity contribution in [1.29, 1.82) is 0 Å². The summed E-state index contributed by atoms with van der Waals surface area (Å²) in [5, 5.41) is 14.6. The van der Waals surface area contributed by atoms with E-state index in [-0.39, 0.29) is 0 Å². The molecule has 0 bridgehead atoms. The van der Waals surface area contributed by atoms with E-state index in [1.165, 1.54) is 13.8 Å². The van der Waals surface area contributed by atoms with Gasteiger partial charge in [0.15, 0.2) is 6.29 Å². The molecule has 0 heterocycles. The molecule has 0 saturated carbocycles. The standard InChI is InChI=1S/C6H11N3O4/c1-3(10)7-5(8-4(2)11)9-6(12)13/h5,9H,1-2H3,(H,7,10)(H,8,11)(H,12,13). The van der Waals surface area contributed by atoms with Crippen molar-refractivity contribution >= 4 is 17.9 Å². The average Bonchev–Trinajstić information content (AvgIpc) is 1.80. The molecule has 4 N–H and O–H groups in total. The Morgan fingerprint density at radius 3 is 1.62 bits per heavy atom. The topological polar surface area (TPSA) is 108 Å². The smallest absolute Gasteiger partial charge is 0.407 e. The minimum atomic E-state index is -1.34. The van der Waals surface area contributed by atoms with Gasteiger partial charge in [-0.3, -0.25) is 14.9 Å². The van der Waals surface area contributed by atoms with Crippen molar-refractivity contribution in [3.05, 3.63) is 0 Å². The summed E-state index contributed by atoms with van der Waals surface area (Å²) in [5.41, 5.74) is 0. The third kappa shape index (κ3) is 6.60. The van der Waals surface area contributed by atoms with E-state index in [4.69, 9.17) is 5.11 Å². The molecule has 0 aromatic heterocycles. The van der Waals surface area contributed by atoms with Crippen molar-refractivity contribution < 1.29 is 19.5 Å². The van der Waals surface area contributed by atoms with Gasteiger partial charge in [-0.25, -0.2) is 4.79 Å². The first-order valence-electron chi connectivity index (χ1n) is 3.45. The molecule has 0 spiro atoms. The minimum Gasteiger partial charge on any atom is -0.465 e. The van der Waals surface area contributed by atoms with Gasteiger partial charge < -0.3 is 15.7 Å². The van der Waals surface area contributed by atoms with Crippen LogP contribution in [0.1, 0.15) is 13.8 Å². The molecule has 0 aliphatic rings. The van der Waals surface area contributed by atoms with Crippen LogP contribution in [0.15, 0.2) is 0 Å². The number of hydrogen-bond acceptors (Lipinski definition) is 3. The van der Waals surface area contributed by atoms with E-state index in [1.54, 1.807) is 0 Å². The summed E-state index contributed by atoms with van der Waals surface area (Å²) >= 11 is 0. The summed E-state index contributed by atoms with van der Waals surface area (Å²) in [7, 11) is 0. The molecule has 13 heavy (non-hydrogen) atoms. The first-order chi connectivity index (χ1) is 5.91. The third-order valence-electron chi connectivity index (χ3n) is 0.963. The van der Waals surface area contributed by atoms with Crippen LogP contribution in [-0.2, 0) is 9.59 Å². The number of hydrogen-bond donors (Lipinski definition) is 4. The lowest BCUT2D eigenvalue weighted by Gasteiger charge is -2.17. The van der Waals surface area contributed by atoms with E-state index in [2.05, 4.69) is 10.6 Å². The molecule has 74 valence electrons. The quantitative estimate of drug-likeness (QED) is 0.418. The van der Waals surface area contributed by atoms with Crippen molar-refractivity contribution in [3.63, 3.8) is 0 Å². The lowest BCUT2D eigenvalue weighted by Crippen LogP contribution is -2.57. The molecule has 0 rings (SSSR count). The second-order valence-electron chi connectivity index (χ2n) is 2.28. The zero-order chi connectivity index (χ0) is 10.4. The monoisotopic (exact) mass is 189 g/mol. The Kier molecular flexibility index (Phi) is 4.28. The molecule has 0 aliphatic heterocycles. The van der Waals surface area contributed by atoms with Crippen LogP contribution in [0.5, 0.6) is 0 Å². The zero-order valence-electron chi connectivity index (χ0n) is 7.25. The SMILES string of the molecule is CC(=O)NC(NC(C)=O)NC(=O)O. The van der Waals surface area contributed by atoms with Gasteiger partial charge in [-0.05, 0) is 0 Å². The average molecular weight is 189 g/mol. The van der Waals surface area contributed by atoms with Crippen LogP contribution in [0.3, 0.4) is 0 Å². The maximum absolute atomic E-state index is 10.5. The fourth-order valence-corrected chi connectivity index (χ4v) is 0.638. The van der Waals surface area contributed by atoms with Crippen molar-refractivity contribution in [2.75, 3.05) is 0 Å². The largest absolute Gasteiger partial charge is 0.465 e. The Morgan fingerprint density at radius 2 is 1.38 bits per heavy atom. The first kappa shape index (κ1) is 11.2. The van der Waals surface area contributed by atoms with E-state index in [0.29, 0.717) is 0 Å². The van der Waals surface area contributed by atoms with Crippen LogP contribution < -0.4 is 16.0 Å². The van der Waals surface area contributed by atoms with Crippen molar-refractivity contribution in [1.82, 2.24) is 16.0 Å². The highest BCUT2D eigenvalue weighted by molar-refractivity contribution is 5.77. The molecule has 3 amide bonds. The maximum Gasteiger partial charge on any atom is 0.407 e. The Bertz CT molecular complexity index is 190. The van der Waals surface area contributed by atoms with Gasteiger partial charge in [0, 0.05) is 13.8 Å². The fourth-order valence-electron chi connectivity index (χ4n) is 0.638. The predicted molar refractivity (Wildman–Crippen MR) is 42.6 cm³/mol. The molecule has 7 heteroatoms. The lowest BCUT2D eigenvalue weighted by molar-refractivity contribution is -0.122. The van der Waals surface area contributed by atoms with E-state index < -0.39 is 24.2 Å². The number of rotatable bonds is 3. The summed E-state index contributed by atoms with van der Waals surface area (Å²) in [6.07, 6.45) is -2.43. The lowest BCUT2D eigenvalue weighted by atomic mass is 10.6. The van der Waals surface area contributed by atoms with Gasteiger partial charge in [0.05, 0.1) is 0 Å². The number of carbonyl (C=O) groups excluding carboxylic acids is 2. The van der Waals surface area contributed by atoms with E-state index in [0.717, 1.165) is 0 Å². The summed E-state index contributed by atoms with van der Waals surface area (Å²) in [6, 6.07) is 0. The van der Waals surface area contributed by atoms with Crippen LogP contribution in [0.25, 0.3) is 0 Å². The molecule has 7 nitrogen and oxygen atoms in total. The molecule has 0 radical (unpaired) electrons. The van der Waals surface area contributed by atoms with Gasteiger partial charge in [-0.1, -0.05) is 0 Å². The Morgan fingerprint density at radius 1 is 1.00 bits per heavy atom. The second kappa shape index (κ2) is 4.96. The molecular formula is C6H11N3O4. The first-order valence-corrected chi connectivity index (χ1v) is 3.45. The number of nitrogens with one attached hydrogen (secondary N) is 3. The van der Waals surface area contributed by atoms with Crippen LogP contribution in [0.2, 0.25) is 0 Å². The Balaban J connectivity index is 4.10. The predicted octanol–water partition coefficient (Wildman–Crippen LogP) is -1.19. The van der Waals surface area contributed by atoms with Crippen molar-refractivity contribution in [3.8, 4) is 0 Å². The number of carboxylic acid groups (broad SMARTS) is 1. The van der Waals surface area contributed by atoms with Crippen LogP contribution in [-0.4, -0.2) is 29.3 Å². The number of carbonyl (C=O) groups is 3. The summed E-state index contributed by atoms with van der Waals surface area (Å²) in [6.45, 7) is 2.41. The molecule has 0 aromatic carbocycles. The third-order valence-corrected chi connectivity index (χ3v) is 0.963. The zero-order valence-corrected chi connectivity index (χ0v) is 7.25. The highest BCUT2D eigenvalue weighted by Crippen LogP contribution is 1.74. The summed E-state index contributed by atoms with van der Waals surface area (Å²) in [4.78, 5) is 31.2. The Hall–Kier alpha value is -1.79. The van der Waals surface area contributed by atoms with Crippen LogP contribution in [0, 0.1) is 0 Å². The summed E-state index contributed by atoms with van der Waals surface area (Å²) < 4.78 is 0. The van der Waals surface area contributed by atoms with Gasteiger partial charge in [0.2, 0.25) is 11.8 Å². The van der Waals surface area contributed by atoms with Crippen LogP contribution in [0.4, 0.5) is 4.79 Å². The van der Waals surface area contributed by atoms with E-state index in [1.807, 2.05) is 5.32 Å². The fraction of sp³-hybridized carbons (Fsp3) is 0.500. The van der Waals surface area contributed by atoms with E-state index >= 15 is 0 Å². The van der Waals surface area contributed by atoms with Gasteiger partial charge in [0.1, 0.15) is 0 Å². The molecule has 0 atom stereocenters. The highest BCUT2D eigenvalue weighted by Gasteiger charge is 2.12.